The molecular weight excluding hydrogens is 240 g/mol. The lowest BCUT2D eigenvalue weighted by molar-refractivity contribution is 0.00996. The standard InChI is InChI=1S/C15H32N2O2/c1-3-5-10-19-13-15(18)12-17-8-6-14(7-9-17)11-16-4-2/h14-16,18H,3-13H2,1-2H3. The van der Waals surface area contributed by atoms with Crippen LogP contribution >= 0.6 is 0 Å². The van der Waals surface area contributed by atoms with Crippen molar-refractivity contribution in [3.63, 3.8) is 0 Å². The summed E-state index contributed by atoms with van der Waals surface area (Å²) < 4.78 is 5.46. The number of rotatable bonds is 10. The van der Waals surface area contributed by atoms with E-state index in [1.807, 2.05) is 0 Å². The highest BCUT2D eigenvalue weighted by atomic mass is 16.5. The van der Waals surface area contributed by atoms with Crippen LogP contribution in [-0.2, 0) is 4.74 Å². The second-order valence-corrected chi connectivity index (χ2v) is 5.63. The summed E-state index contributed by atoms with van der Waals surface area (Å²) in [7, 11) is 0. The van der Waals surface area contributed by atoms with Crippen molar-refractivity contribution in [1.29, 1.82) is 0 Å². The summed E-state index contributed by atoms with van der Waals surface area (Å²) in [6.07, 6.45) is 4.40. The van der Waals surface area contributed by atoms with Crippen LogP contribution in [0.4, 0.5) is 0 Å². The number of nitrogens with one attached hydrogen (secondary N) is 1. The van der Waals surface area contributed by atoms with Crippen molar-refractivity contribution in [1.82, 2.24) is 10.2 Å². The van der Waals surface area contributed by atoms with E-state index in [0.29, 0.717) is 6.61 Å². The van der Waals surface area contributed by atoms with Gasteiger partial charge in [-0.15, -0.1) is 0 Å². The van der Waals surface area contributed by atoms with Gasteiger partial charge in [-0.25, -0.2) is 0 Å². The maximum absolute atomic E-state index is 9.93. The fourth-order valence-electron chi connectivity index (χ4n) is 2.54. The van der Waals surface area contributed by atoms with Gasteiger partial charge < -0.3 is 20.1 Å². The second-order valence-electron chi connectivity index (χ2n) is 5.63. The molecule has 0 radical (unpaired) electrons. The first-order chi connectivity index (χ1) is 9.26. The van der Waals surface area contributed by atoms with Crippen molar-refractivity contribution < 1.29 is 9.84 Å². The number of hydrogen-bond donors (Lipinski definition) is 2. The molecule has 0 saturated carbocycles. The minimum Gasteiger partial charge on any atom is -0.389 e. The number of likely N-dealkylation sites (tertiary alicyclic amines) is 1. The van der Waals surface area contributed by atoms with Gasteiger partial charge in [0.25, 0.3) is 0 Å². The maximum atomic E-state index is 9.93. The molecule has 0 aromatic carbocycles. The molecule has 1 heterocycles. The summed E-state index contributed by atoms with van der Waals surface area (Å²) in [6.45, 7) is 10.8. The average Bonchev–Trinajstić information content (AvgIpc) is 2.43. The number of β-amino-alcohol motifs (C(OH)–C–C–N with tert-alkyl or cyclic N) is 1. The van der Waals surface area contributed by atoms with E-state index in [1.165, 1.54) is 12.8 Å². The zero-order chi connectivity index (χ0) is 13.9. The van der Waals surface area contributed by atoms with Crippen molar-refractivity contribution in [3.05, 3.63) is 0 Å². The molecule has 0 aromatic rings. The molecule has 19 heavy (non-hydrogen) atoms. The molecule has 2 N–H and O–H groups in total. The Morgan fingerprint density at radius 1 is 1.32 bits per heavy atom. The van der Waals surface area contributed by atoms with Crippen LogP contribution in [0, 0.1) is 5.92 Å². The molecule has 1 unspecified atom stereocenters. The summed E-state index contributed by atoms with van der Waals surface area (Å²) in [5, 5.41) is 13.4. The largest absolute Gasteiger partial charge is 0.389 e. The van der Waals surface area contributed by atoms with Crippen LogP contribution in [0.5, 0.6) is 0 Å². The van der Waals surface area contributed by atoms with E-state index in [0.717, 1.165) is 58.1 Å². The van der Waals surface area contributed by atoms with Gasteiger partial charge >= 0.3 is 0 Å². The van der Waals surface area contributed by atoms with Crippen LogP contribution in [-0.4, -0.2) is 62.0 Å². The third kappa shape index (κ3) is 7.88. The molecule has 114 valence electrons. The van der Waals surface area contributed by atoms with Gasteiger partial charge in [-0.1, -0.05) is 20.3 Å². The van der Waals surface area contributed by atoms with Crippen molar-refractivity contribution >= 4 is 0 Å². The van der Waals surface area contributed by atoms with Gasteiger partial charge in [-0.2, -0.15) is 0 Å². The Hall–Kier alpha value is -0.160. The van der Waals surface area contributed by atoms with E-state index in [1.54, 1.807) is 0 Å². The fourth-order valence-corrected chi connectivity index (χ4v) is 2.54. The minimum absolute atomic E-state index is 0.331. The van der Waals surface area contributed by atoms with Crippen LogP contribution in [0.1, 0.15) is 39.5 Å². The first-order valence-corrected chi connectivity index (χ1v) is 7.95. The molecule has 1 atom stereocenters. The molecule has 0 spiro atoms. The first kappa shape index (κ1) is 16.9. The predicted molar refractivity (Wildman–Crippen MR) is 79.4 cm³/mol. The topological polar surface area (TPSA) is 44.7 Å². The lowest BCUT2D eigenvalue weighted by Crippen LogP contribution is -2.42. The molecule has 1 aliphatic rings. The molecular formula is C15H32N2O2. The van der Waals surface area contributed by atoms with Crippen LogP contribution < -0.4 is 5.32 Å². The summed E-state index contributed by atoms with van der Waals surface area (Å²) in [5.74, 6) is 0.814. The highest BCUT2D eigenvalue weighted by molar-refractivity contribution is 4.75. The smallest absolute Gasteiger partial charge is 0.0900 e. The fraction of sp³-hybridized carbons (Fsp3) is 1.00. The molecule has 4 nitrogen and oxygen atoms in total. The molecule has 0 aliphatic carbocycles. The number of nitrogens with zero attached hydrogens (tertiary/aromatic N) is 1. The average molecular weight is 272 g/mol. The van der Waals surface area contributed by atoms with E-state index in [2.05, 4.69) is 24.1 Å². The highest BCUT2D eigenvalue weighted by Gasteiger charge is 2.20. The van der Waals surface area contributed by atoms with E-state index in [-0.39, 0.29) is 6.10 Å². The Bertz CT molecular complexity index is 206. The molecule has 1 rings (SSSR count). The lowest BCUT2D eigenvalue weighted by atomic mass is 9.96. The Morgan fingerprint density at radius 3 is 2.68 bits per heavy atom. The predicted octanol–water partition coefficient (Wildman–Crippen LogP) is 1.49. The number of piperidine rings is 1. The van der Waals surface area contributed by atoms with E-state index in [9.17, 15) is 5.11 Å². The summed E-state index contributed by atoms with van der Waals surface area (Å²) in [6, 6.07) is 0. The lowest BCUT2D eigenvalue weighted by Gasteiger charge is -2.33. The van der Waals surface area contributed by atoms with Crippen molar-refractivity contribution in [2.75, 3.05) is 45.9 Å². The Labute approximate surface area is 118 Å². The minimum atomic E-state index is -0.331. The Kier molecular flexibility index (Phi) is 9.43. The van der Waals surface area contributed by atoms with Gasteiger partial charge in [0, 0.05) is 13.2 Å². The monoisotopic (exact) mass is 272 g/mol. The maximum Gasteiger partial charge on any atom is 0.0900 e. The zero-order valence-corrected chi connectivity index (χ0v) is 12.7. The second kappa shape index (κ2) is 10.6. The normalized spacial score (nSPS) is 19.7. The molecule has 0 bridgehead atoms. The Balaban J connectivity index is 2.04. The molecule has 0 amide bonds. The first-order valence-electron chi connectivity index (χ1n) is 7.95. The zero-order valence-electron chi connectivity index (χ0n) is 12.7. The van der Waals surface area contributed by atoms with Crippen LogP contribution in [0.25, 0.3) is 0 Å². The third-order valence-corrected chi connectivity index (χ3v) is 3.81. The van der Waals surface area contributed by atoms with Crippen LogP contribution in [0.2, 0.25) is 0 Å². The van der Waals surface area contributed by atoms with E-state index in [4.69, 9.17) is 4.74 Å². The van der Waals surface area contributed by atoms with Crippen molar-refractivity contribution in [2.45, 2.75) is 45.6 Å². The number of aliphatic hydroxyl groups excluding tert-OH is 1. The molecule has 4 heteroatoms. The number of aliphatic hydroxyl groups is 1. The van der Waals surface area contributed by atoms with E-state index < -0.39 is 0 Å². The van der Waals surface area contributed by atoms with Gasteiger partial charge in [0.05, 0.1) is 12.7 Å². The quantitative estimate of drug-likeness (QED) is 0.591. The number of unbranched alkanes of at least 4 members (excludes halogenated alkanes) is 1. The third-order valence-electron chi connectivity index (χ3n) is 3.81. The van der Waals surface area contributed by atoms with Crippen molar-refractivity contribution in [3.8, 4) is 0 Å². The highest BCUT2D eigenvalue weighted by Crippen LogP contribution is 2.16. The molecule has 0 aromatic heterocycles. The van der Waals surface area contributed by atoms with Gasteiger partial charge in [-0.3, -0.25) is 0 Å². The SMILES string of the molecule is CCCCOCC(O)CN1CCC(CNCC)CC1. The van der Waals surface area contributed by atoms with E-state index >= 15 is 0 Å². The van der Waals surface area contributed by atoms with Gasteiger partial charge in [-0.05, 0) is 51.4 Å². The summed E-state index contributed by atoms with van der Waals surface area (Å²) in [4.78, 5) is 2.37. The van der Waals surface area contributed by atoms with Gasteiger partial charge in [0.2, 0.25) is 0 Å². The van der Waals surface area contributed by atoms with Crippen LogP contribution in [0.3, 0.4) is 0 Å². The molecule has 1 aliphatic heterocycles. The molecule has 1 saturated heterocycles. The Morgan fingerprint density at radius 2 is 2.05 bits per heavy atom. The van der Waals surface area contributed by atoms with Crippen molar-refractivity contribution in [2.24, 2.45) is 5.92 Å². The number of hydrogen-bond acceptors (Lipinski definition) is 4. The summed E-state index contributed by atoms with van der Waals surface area (Å²) in [5.41, 5.74) is 0. The molecule has 1 fully saturated rings. The summed E-state index contributed by atoms with van der Waals surface area (Å²) >= 11 is 0. The number of ether oxygens (including phenoxy) is 1. The van der Waals surface area contributed by atoms with Gasteiger partial charge in [0.15, 0.2) is 0 Å². The van der Waals surface area contributed by atoms with Gasteiger partial charge in [0.1, 0.15) is 0 Å². The van der Waals surface area contributed by atoms with Crippen LogP contribution in [0.15, 0.2) is 0 Å².